The lowest BCUT2D eigenvalue weighted by molar-refractivity contribution is 0.191. The van der Waals surface area contributed by atoms with Crippen LogP contribution in [0.2, 0.25) is 0 Å². The average molecular weight is 476 g/mol. The number of halogens is 2. The molecule has 2 aromatic rings. The van der Waals surface area contributed by atoms with E-state index in [1.54, 1.807) is 25.2 Å². The smallest absolute Gasteiger partial charge is 0.191 e. The number of aryl methyl sites for hydroxylation is 1. The molecule has 0 saturated carbocycles. The average Bonchev–Trinajstić information content (AvgIpc) is 2.94. The molecular formula is C17H26FIN6O. The van der Waals surface area contributed by atoms with Gasteiger partial charge in [-0.25, -0.2) is 4.39 Å². The highest BCUT2D eigenvalue weighted by molar-refractivity contribution is 14.0. The number of hydrogen-bond donors (Lipinski definition) is 2. The number of aromatic nitrogens is 3. The van der Waals surface area contributed by atoms with Gasteiger partial charge in [-0.05, 0) is 25.5 Å². The molecule has 7 nitrogen and oxygen atoms in total. The first-order valence-corrected chi connectivity index (χ1v) is 8.25. The van der Waals surface area contributed by atoms with Crippen molar-refractivity contribution in [3.05, 3.63) is 41.7 Å². The first-order valence-electron chi connectivity index (χ1n) is 8.25. The Morgan fingerprint density at radius 2 is 2.04 bits per heavy atom. The number of rotatable bonds is 7. The van der Waals surface area contributed by atoms with E-state index < -0.39 is 0 Å². The van der Waals surface area contributed by atoms with Crippen LogP contribution in [0.15, 0.2) is 29.3 Å². The molecule has 1 aromatic heterocycles. The summed E-state index contributed by atoms with van der Waals surface area (Å²) in [6.07, 6.45) is 0.563. The molecule has 0 aliphatic carbocycles. The summed E-state index contributed by atoms with van der Waals surface area (Å²) in [7, 11) is 3.60. The van der Waals surface area contributed by atoms with Gasteiger partial charge in [-0.2, -0.15) is 0 Å². The quantitative estimate of drug-likeness (QED) is 0.365. The van der Waals surface area contributed by atoms with Crippen LogP contribution in [0.3, 0.4) is 0 Å². The highest BCUT2D eigenvalue weighted by Gasteiger charge is 2.12. The fraction of sp³-hybridized carbons (Fsp3) is 0.471. The summed E-state index contributed by atoms with van der Waals surface area (Å²) < 4.78 is 21.3. The van der Waals surface area contributed by atoms with Crippen LogP contribution < -0.4 is 15.4 Å². The van der Waals surface area contributed by atoms with Gasteiger partial charge in [0, 0.05) is 14.1 Å². The molecule has 0 radical (unpaired) electrons. The van der Waals surface area contributed by atoms with E-state index in [0.29, 0.717) is 19.0 Å². The molecular weight excluding hydrogens is 450 g/mol. The van der Waals surface area contributed by atoms with E-state index >= 15 is 0 Å². The molecule has 2 N–H and O–H groups in total. The number of ether oxygens (including phenoxy) is 1. The lowest BCUT2D eigenvalue weighted by atomic mass is 10.2. The number of hydrogen-bond acceptors (Lipinski definition) is 4. The molecule has 2 rings (SSSR count). The van der Waals surface area contributed by atoms with Gasteiger partial charge in [0.25, 0.3) is 0 Å². The predicted octanol–water partition coefficient (Wildman–Crippen LogP) is 2.40. The van der Waals surface area contributed by atoms with Crippen molar-refractivity contribution in [2.24, 2.45) is 12.0 Å². The van der Waals surface area contributed by atoms with Crippen LogP contribution in [0, 0.1) is 12.7 Å². The second kappa shape index (κ2) is 10.9. The number of para-hydroxylation sites is 1. The highest BCUT2D eigenvalue weighted by Crippen LogP contribution is 2.17. The maximum atomic E-state index is 13.7. The van der Waals surface area contributed by atoms with E-state index in [0.717, 1.165) is 18.1 Å². The fourth-order valence-electron chi connectivity index (χ4n) is 2.19. The minimum Gasteiger partial charge on any atom is -0.486 e. The van der Waals surface area contributed by atoms with Gasteiger partial charge in [-0.1, -0.05) is 19.1 Å². The normalized spacial score (nSPS) is 12.3. The molecule has 144 valence electrons. The summed E-state index contributed by atoms with van der Waals surface area (Å²) in [4.78, 5) is 4.18. The van der Waals surface area contributed by atoms with Crippen LogP contribution in [0.25, 0.3) is 0 Å². The van der Waals surface area contributed by atoms with Gasteiger partial charge in [0.05, 0.1) is 13.1 Å². The summed E-state index contributed by atoms with van der Waals surface area (Å²) in [5, 5.41) is 14.5. The maximum absolute atomic E-state index is 13.7. The molecule has 1 unspecified atom stereocenters. The van der Waals surface area contributed by atoms with E-state index in [1.165, 1.54) is 6.07 Å². The Labute approximate surface area is 170 Å². The Morgan fingerprint density at radius 1 is 1.31 bits per heavy atom. The number of nitrogens with zero attached hydrogens (tertiary/aromatic N) is 4. The molecule has 26 heavy (non-hydrogen) atoms. The third kappa shape index (κ3) is 6.11. The summed E-state index contributed by atoms with van der Waals surface area (Å²) >= 11 is 0. The van der Waals surface area contributed by atoms with Crippen LogP contribution in [0.5, 0.6) is 5.75 Å². The molecule has 0 bridgehead atoms. The van der Waals surface area contributed by atoms with E-state index in [9.17, 15) is 4.39 Å². The van der Waals surface area contributed by atoms with Crippen molar-refractivity contribution >= 4 is 29.9 Å². The second-order valence-electron chi connectivity index (χ2n) is 5.61. The largest absolute Gasteiger partial charge is 0.486 e. The molecule has 9 heteroatoms. The zero-order chi connectivity index (χ0) is 18.2. The van der Waals surface area contributed by atoms with Crippen LogP contribution in [-0.2, 0) is 13.6 Å². The Morgan fingerprint density at radius 3 is 2.62 bits per heavy atom. The van der Waals surface area contributed by atoms with Gasteiger partial charge in [-0.15, -0.1) is 34.2 Å². The van der Waals surface area contributed by atoms with Gasteiger partial charge in [0.2, 0.25) is 0 Å². The molecule has 0 aliphatic heterocycles. The first-order chi connectivity index (χ1) is 12.0. The number of nitrogens with one attached hydrogen (secondary N) is 2. The Bertz CT molecular complexity index is 721. The van der Waals surface area contributed by atoms with Gasteiger partial charge in [-0.3, -0.25) is 4.99 Å². The lowest BCUT2D eigenvalue weighted by Crippen LogP contribution is -2.42. The molecule has 0 aliphatic rings. The van der Waals surface area contributed by atoms with E-state index in [2.05, 4.69) is 25.8 Å². The van der Waals surface area contributed by atoms with Gasteiger partial charge in [0.1, 0.15) is 11.9 Å². The van der Waals surface area contributed by atoms with Crippen molar-refractivity contribution in [3.63, 3.8) is 0 Å². The van der Waals surface area contributed by atoms with E-state index in [1.807, 2.05) is 25.5 Å². The molecule has 1 aromatic carbocycles. The van der Waals surface area contributed by atoms with Crippen molar-refractivity contribution in [3.8, 4) is 5.75 Å². The summed E-state index contributed by atoms with van der Waals surface area (Å²) in [6.45, 7) is 4.89. The molecule has 0 saturated heterocycles. The molecule has 1 heterocycles. The predicted molar refractivity (Wildman–Crippen MR) is 110 cm³/mol. The monoisotopic (exact) mass is 476 g/mol. The summed E-state index contributed by atoms with van der Waals surface area (Å²) in [6, 6.07) is 6.41. The minimum atomic E-state index is -0.360. The topological polar surface area (TPSA) is 76.4 Å². The van der Waals surface area contributed by atoms with Crippen LogP contribution >= 0.6 is 24.0 Å². The van der Waals surface area contributed by atoms with Crippen LogP contribution in [0.4, 0.5) is 4.39 Å². The van der Waals surface area contributed by atoms with Gasteiger partial charge >= 0.3 is 0 Å². The van der Waals surface area contributed by atoms with Gasteiger partial charge < -0.3 is 19.9 Å². The molecule has 1 atom stereocenters. The minimum absolute atomic E-state index is 0. The standard InChI is InChI=1S/C17H25FN6O.HI/c1-5-13(25-15-9-7-6-8-14(15)18)10-20-17(19-3)21-11-16-23-22-12(2)24(16)4;/h6-9,13H,5,10-11H2,1-4H3,(H2,19,20,21);1H. The van der Waals surface area contributed by atoms with Crippen molar-refractivity contribution in [2.45, 2.75) is 32.9 Å². The zero-order valence-corrected chi connectivity index (χ0v) is 17.8. The van der Waals surface area contributed by atoms with Gasteiger partial charge in [0.15, 0.2) is 23.4 Å². The van der Waals surface area contributed by atoms with Crippen LogP contribution in [-0.4, -0.2) is 40.4 Å². The van der Waals surface area contributed by atoms with E-state index in [-0.39, 0.29) is 41.6 Å². The summed E-state index contributed by atoms with van der Waals surface area (Å²) in [5.41, 5.74) is 0. The molecule has 0 fully saturated rings. The Kier molecular flexibility index (Phi) is 9.31. The second-order valence-corrected chi connectivity index (χ2v) is 5.61. The van der Waals surface area contributed by atoms with Crippen molar-refractivity contribution in [1.29, 1.82) is 0 Å². The molecule has 0 amide bonds. The summed E-state index contributed by atoms with van der Waals surface area (Å²) in [5.74, 6) is 2.19. The number of aliphatic imine (C=N–C) groups is 1. The fourth-order valence-corrected chi connectivity index (χ4v) is 2.19. The van der Waals surface area contributed by atoms with Crippen molar-refractivity contribution in [2.75, 3.05) is 13.6 Å². The first kappa shape index (κ1) is 22.1. The maximum Gasteiger partial charge on any atom is 0.191 e. The van der Waals surface area contributed by atoms with Crippen molar-refractivity contribution in [1.82, 2.24) is 25.4 Å². The van der Waals surface area contributed by atoms with Crippen LogP contribution in [0.1, 0.15) is 25.0 Å². The Balaban J connectivity index is 0.00000338. The Hall–Kier alpha value is -1.91. The van der Waals surface area contributed by atoms with E-state index in [4.69, 9.17) is 4.74 Å². The number of benzene rings is 1. The SMILES string of the molecule is CCC(CNC(=NC)NCc1nnc(C)n1C)Oc1ccccc1F.I. The molecule has 0 spiro atoms. The number of guanidine groups is 1. The third-order valence-corrected chi connectivity index (χ3v) is 3.90. The highest BCUT2D eigenvalue weighted by atomic mass is 127. The zero-order valence-electron chi connectivity index (χ0n) is 15.5. The van der Waals surface area contributed by atoms with Crippen molar-refractivity contribution < 1.29 is 9.13 Å². The lowest BCUT2D eigenvalue weighted by Gasteiger charge is -2.20. The third-order valence-electron chi connectivity index (χ3n) is 3.90.